The van der Waals surface area contributed by atoms with E-state index in [4.69, 9.17) is 4.74 Å². The molecule has 0 unspecified atom stereocenters. The number of phenolic OH excluding ortho intramolecular Hbond substituents is 1. The molecule has 0 spiro atoms. The highest BCUT2D eigenvalue weighted by Crippen LogP contribution is 2.30. The second-order valence-corrected chi connectivity index (χ2v) is 8.30. The highest BCUT2D eigenvalue weighted by atomic mass is 32.2. The van der Waals surface area contributed by atoms with Gasteiger partial charge in [0.25, 0.3) is 0 Å². The Balaban J connectivity index is 2.09. The van der Waals surface area contributed by atoms with Crippen LogP contribution < -0.4 is 10.6 Å². The summed E-state index contributed by atoms with van der Waals surface area (Å²) in [6, 6.07) is 12.1. The number of carbonyl (C=O) groups excluding carboxylic acids is 2. The summed E-state index contributed by atoms with van der Waals surface area (Å²) in [5, 5.41) is 14.6. The summed E-state index contributed by atoms with van der Waals surface area (Å²) in [5.41, 5.74) is 0.445. The predicted molar refractivity (Wildman–Crippen MR) is 105 cm³/mol. The first kappa shape index (κ1) is 20.4. The molecule has 0 aliphatic carbocycles. The van der Waals surface area contributed by atoms with Crippen molar-refractivity contribution >= 4 is 21.8 Å². The van der Waals surface area contributed by atoms with Crippen LogP contribution in [-0.2, 0) is 19.4 Å². The molecule has 1 heterocycles. The normalized spacial score (nSPS) is 16.7. The van der Waals surface area contributed by atoms with E-state index in [1.807, 2.05) is 0 Å². The van der Waals surface area contributed by atoms with Crippen LogP contribution in [0.1, 0.15) is 18.5 Å². The first-order chi connectivity index (χ1) is 13.8. The average molecular weight is 416 g/mol. The van der Waals surface area contributed by atoms with Crippen LogP contribution in [0.2, 0.25) is 0 Å². The van der Waals surface area contributed by atoms with Crippen molar-refractivity contribution in [1.29, 1.82) is 0 Å². The molecule has 0 fully saturated rings. The third-order valence-electron chi connectivity index (χ3n) is 4.31. The minimum atomic E-state index is -3.83. The van der Waals surface area contributed by atoms with E-state index in [1.165, 1.54) is 36.4 Å². The van der Waals surface area contributed by atoms with Crippen molar-refractivity contribution < 1.29 is 27.9 Å². The zero-order chi connectivity index (χ0) is 21.0. The summed E-state index contributed by atoms with van der Waals surface area (Å²) in [4.78, 5) is 25.0. The van der Waals surface area contributed by atoms with Gasteiger partial charge in [-0.25, -0.2) is 18.0 Å². The largest absolute Gasteiger partial charge is 0.508 e. The Kier molecular flexibility index (Phi) is 5.88. The number of rotatable bonds is 6. The average Bonchev–Trinajstić information content (AvgIpc) is 2.68. The van der Waals surface area contributed by atoms with Crippen molar-refractivity contribution in [3.63, 3.8) is 0 Å². The van der Waals surface area contributed by atoms with E-state index in [0.717, 1.165) is 0 Å². The Morgan fingerprint density at radius 1 is 1.10 bits per heavy atom. The first-order valence-electron chi connectivity index (χ1n) is 8.86. The highest BCUT2D eigenvalue weighted by molar-refractivity contribution is 7.91. The third kappa shape index (κ3) is 4.57. The molecule has 1 atom stereocenters. The zero-order valence-corrected chi connectivity index (χ0v) is 16.4. The number of amides is 2. The number of urea groups is 1. The Labute approximate surface area is 168 Å². The minimum Gasteiger partial charge on any atom is -0.508 e. The maximum atomic E-state index is 12.8. The van der Waals surface area contributed by atoms with Gasteiger partial charge in [0, 0.05) is 5.70 Å². The number of nitrogens with one attached hydrogen (secondary N) is 2. The smallest absolute Gasteiger partial charge is 0.338 e. The molecule has 1 aliphatic heterocycles. The van der Waals surface area contributed by atoms with Crippen molar-refractivity contribution in [3.05, 3.63) is 71.4 Å². The standard InChI is InChI=1S/C20H20N2O6S/c1-2-28-19(24)17-16(12-29(26,27)15-6-4-3-5-7-15)21-20(25)22-18(17)13-8-10-14(23)11-9-13/h3-11,18,23H,2,12H2,1H3,(H2,21,22,25)/t18-/m1/s1. The van der Waals surface area contributed by atoms with Crippen molar-refractivity contribution in [2.24, 2.45) is 0 Å². The van der Waals surface area contributed by atoms with Crippen LogP contribution in [0.5, 0.6) is 5.75 Å². The Hall–Kier alpha value is -3.33. The lowest BCUT2D eigenvalue weighted by Gasteiger charge is -2.29. The molecule has 2 aromatic carbocycles. The zero-order valence-electron chi connectivity index (χ0n) is 15.6. The van der Waals surface area contributed by atoms with Crippen molar-refractivity contribution in [1.82, 2.24) is 10.6 Å². The van der Waals surface area contributed by atoms with Gasteiger partial charge >= 0.3 is 12.0 Å². The minimum absolute atomic E-state index is 0.00311. The summed E-state index contributed by atoms with van der Waals surface area (Å²) in [6.07, 6.45) is 0. The van der Waals surface area contributed by atoms with Crippen LogP contribution in [0.15, 0.2) is 70.8 Å². The van der Waals surface area contributed by atoms with Gasteiger partial charge in [-0.1, -0.05) is 30.3 Å². The van der Waals surface area contributed by atoms with E-state index in [1.54, 1.807) is 25.1 Å². The third-order valence-corrected chi connectivity index (χ3v) is 5.97. The fourth-order valence-corrected chi connectivity index (χ4v) is 4.35. The molecule has 2 aromatic rings. The molecule has 3 rings (SSSR count). The molecule has 0 bridgehead atoms. The molecule has 0 aromatic heterocycles. The van der Waals surface area contributed by atoms with Crippen molar-refractivity contribution in [2.45, 2.75) is 17.9 Å². The maximum Gasteiger partial charge on any atom is 0.338 e. The van der Waals surface area contributed by atoms with E-state index in [9.17, 15) is 23.1 Å². The van der Waals surface area contributed by atoms with E-state index in [2.05, 4.69) is 10.6 Å². The molecule has 2 amide bonds. The number of phenols is 1. The lowest BCUT2D eigenvalue weighted by atomic mass is 9.95. The molecule has 0 saturated carbocycles. The Bertz CT molecular complexity index is 1050. The molecule has 8 nitrogen and oxygen atoms in total. The number of carbonyl (C=O) groups is 2. The van der Waals surface area contributed by atoms with Gasteiger partial charge in [-0.2, -0.15) is 0 Å². The number of benzene rings is 2. The summed E-state index contributed by atoms with van der Waals surface area (Å²) < 4.78 is 30.8. The van der Waals surface area contributed by atoms with Gasteiger partial charge in [0.1, 0.15) is 5.75 Å². The monoisotopic (exact) mass is 416 g/mol. The predicted octanol–water partition coefficient (Wildman–Crippen LogP) is 2.04. The van der Waals surface area contributed by atoms with Crippen LogP contribution in [0.25, 0.3) is 0 Å². The van der Waals surface area contributed by atoms with Crippen molar-refractivity contribution in [2.75, 3.05) is 12.4 Å². The lowest BCUT2D eigenvalue weighted by molar-refractivity contribution is -0.139. The number of aromatic hydroxyl groups is 1. The topological polar surface area (TPSA) is 122 Å². The quantitative estimate of drug-likeness (QED) is 0.620. The van der Waals surface area contributed by atoms with Crippen LogP contribution in [0.4, 0.5) is 4.79 Å². The van der Waals surface area contributed by atoms with Crippen molar-refractivity contribution in [3.8, 4) is 5.75 Å². The maximum absolute atomic E-state index is 12.8. The molecule has 0 saturated heterocycles. The van der Waals surface area contributed by atoms with Gasteiger partial charge in [0.05, 0.1) is 28.9 Å². The molecular formula is C20H20N2O6S. The molecule has 0 radical (unpaired) electrons. The molecule has 29 heavy (non-hydrogen) atoms. The van der Waals surface area contributed by atoms with Gasteiger partial charge < -0.3 is 20.5 Å². The van der Waals surface area contributed by atoms with E-state index in [-0.39, 0.29) is 28.5 Å². The number of hydrogen-bond donors (Lipinski definition) is 3. The highest BCUT2D eigenvalue weighted by Gasteiger charge is 2.35. The summed E-state index contributed by atoms with van der Waals surface area (Å²) in [7, 11) is -3.83. The molecule has 3 N–H and O–H groups in total. The molecule has 152 valence electrons. The van der Waals surface area contributed by atoms with E-state index < -0.39 is 33.6 Å². The molecule has 9 heteroatoms. The SMILES string of the molecule is CCOC(=O)C1=C(CS(=O)(=O)c2ccccc2)NC(=O)N[C@@H]1c1ccc(O)cc1. The number of sulfone groups is 1. The van der Waals surface area contributed by atoms with Crippen LogP contribution in [0, 0.1) is 0 Å². The van der Waals surface area contributed by atoms with Crippen LogP contribution >= 0.6 is 0 Å². The molecule has 1 aliphatic rings. The van der Waals surface area contributed by atoms with E-state index >= 15 is 0 Å². The lowest BCUT2D eigenvalue weighted by Crippen LogP contribution is -2.47. The first-order valence-corrected chi connectivity index (χ1v) is 10.5. The van der Waals surface area contributed by atoms with Gasteiger partial charge in [0.2, 0.25) is 0 Å². The summed E-state index contributed by atoms with van der Waals surface area (Å²) in [6.45, 7) is 1.71. The van der Waals surface area contributed by atoms with Gasteiger partial charge in [-0.3, -0.25) is 0 Å². The van der Waals surface area contributed by atoms with Gasteiger partial charge in [0.15, 0.2) is 9.84 Å². The fourth-order valence-electron chi connectivity index (χ4n) is 3.00. The van der Waals surface area contributed by atoms with Crippen LogP contribution in [0.3, 0.4) is 0 Å². The van der Waals surface area contributed by atoms with Gasteiger partial charge in [-0.15, -0.1) is 0 Å². The summed E-state index contributed by atoms with van der Waals surface area (Å²) in [5.74, 6) is -1.30. The number of esters is 1. The van der Waals surface area contributed by atoms with Crippen LogP contribution in [-0.4, -0.2) is 37.9 Å². The Morgan fingerprint density at radius 3 is 2.38 bits per heavy atom. The number of ether oxygens (including phenoxy) is 1. The van der Waals surface area contributed by atoms with Gasteiger partial charge in [-0.05, 0) is 36.8 Å². The molecular weight excluding hydrogens is 396 g/mol. The second-order valence-electron chi connectivity index (χ2n) is 6.31. The second kappa shape index (κ2) is 8.36. The fraction of sp³-hybridized carbons (Fsp3) is 0.200. The van der Waals surface area contributed by atoms with E-state index in [0.29, 0.717) is 5.56 Å². The number of hydrogen-bond acceptors (Lipinski definition) is 6. The summed E-state index contributed by atoms with van der Waals surface area (Å²) >= 11 is 0. The Morgan fingerprint density at radius 2 is 1.76 bits per heavy atom.